The first-order valence-corrected chi connectivity index (χ1v) is 9.98. The summed E-state index contributed by atoms with van der Waals surface area (Å²) < 4.78 is 27.3. The van der Waals surface area contributed by atoms with Gasteiger partial charge in [-0.2, -0.15) is 0 Å². The maximum atomic E-state index is 12.4. The number of aliphatic hydroxyl groups excluding tert-OH is 1. The summed E-state index contributed by atoms with van der Waals surface area (Å²) in [5.41, 5.74) is 1.37. The van der Waals surface area contributed by atoms with E-state index in [2.05, 4.69) is 10.0 Å². The van der Waals surface area contributed by atoms with Crippen LogP contribution in [-0.2, 0) is 26.2 Å². The van der Waals surface area contributed by atoms with Gasteiger partial charge in [0.2, 0.25) is 10.0 Å². The summed E-state index contributed by atoms with van der Waals surface area (Å²) in [5.74, 6) is -1.05. The molecular weight excluding hydrogens is 382 g/mol. The van der Waals surface area contributed by atoms with E-state index in [4.69, 9.17) is 5.11 Å². The van der Waals surface area contributed by atoms with Crippen molar-refractivity contribution < 1.29 is 23.1 Å². The van der Waals surface area contributed by atoms with Gasteiger partial charge in [0.25, 0.3) is 11.8 Å². The number of hydrogen-bond donors (Lipinski definition) is 3. The van der Waals surface area contributed by atoms with Crippen molar-refractivity contribution in [3.63, 3.8) is 0 Å². The average Bonchev–Trinajstić information content (AvgIpc) is 2.95. The summed E-state index contributed by atoms with van der Waals surface area (Å²) in [5, 5.41) is 11.7. The molecule has 0 radical (unpaired) electrons. The van der Waals surface area contributed by atoms with Crippen LogP contribution in [0.25, 0.3) is 0 Å². The molecule has 2 aromatic rings. The lowest BCUT2D eigenvalue weighted by Crippen LogP contribution is -2.34. The van der Waals surface area contributed by atoms with E-state index in [0.29, 0.717) is 5.69 Å². The molecule has 0 aromatic heterocycles. The molecule has 1 aliphatic heterocycles. The SMILES string of the molecule is O=C1C=C(Nc2ccc(S(=O)(=O)NCc3ccccc3)cc2)C(=O)N1CCO. The predicted octanol–water partition coefficient (Wildman–Crippen LogP) is 0.822. The van der Waals surface area contributed by atoms with Crippen LogP contribution in [-0.4, -0.2) is 43.4 Å². The van der Waals surface area contributed by atoms with Crippen LogP contribution >= 0.6 is 0 Å². The first-order valence-electron chi connectivity index (χ1n) is 8.50. The zero-order chi connectivity index (χ0) is 20.1. The fourth-order valence-corrected chi connectivity index (χ4v) is 3.66. The normalized spacial score (nSPS) is 14.3. The van der Waals surface area contributed by atoms with Crippen molar-refractivity contribution in [2.75, 3.05) is 18.5 Å². The highest BCUT2D eigenvalue weighted by Crippen LogP contribution is 2.19. The van der Waals surface area contributed by atoms with E-state index >= 15 is 0 Å². The Morgan fingerprint density at radius 1 is 0.964 bits per heavy atom. The molecule has 0 atom stereocenters. The van der Waals surface area contributed by atoms with Crippen LogP contribution in [0.1, 0.15) is 5.56 Å². The number of nitrogens with one attached hydrogen (secondary N) is 2. The van der Waals surface area contributed by atoms with E-state index in [1.54, 1.807) is 0 Å². The van der Waals surface area contributed by atoms with Gasteiger partial charge in [-0.3, -0.25) is 14.5 Å². The predicted molar refractivity (Wildman–Crippen MR) is 102 cm³/mol. The molecule has 0 saturated heterocycles. The van der Waals surface area contributed by atoms with Crippen LogP contribution in [0.5, 0.6) is 0 Å². The fourth-order valence-electron chi connectivity index (χ4n) is 2.64. The second-order valence-corrected chi connectivity index (χ2v) is 7.80. The van der Waals surface area contributed by atoms with Crippen LogP contribution in [0, 0.1) is 0 Å². The second kappa shape index (κ2) is 8.34. The van der Waals surface area contributed by atoms with Crippen molar-refractivity contribution in [3.05, 3.63) is 71.9 Å². The Morgan fingerprint density at radius 2 is 1.64 bits per heavy atom. The van der Waals surface area contributed by atoms with Crippen LogP contribution in [0.4, 0.5) is 5.69 Å². The number of rotatable bonds is 8. The Kier molecular flexibility index (Phi) is 5.88. The number of anilines is 1. The van der Waals surface area contributed by atoms with Crippen molar-refractivity contribution in [1.29, 1.82) is 0 Å². The smallest absolute Gasteiger partial charge is 0.277 e. The Bertz CT molecular complexity index is 1000. The van der Waals surface area contributed by atoms with Crippen molar-refractivity contribution in [2.45, 2.75) is 11.4 Å². The number of β-amino-alcohol motifs (C(OH)–C–C–N with tert-alkyl or cyclic N) is 1. The molecule has 3 rings (SSSR count). The van der Waals surface area contributed by atoms with Crippen molar-refractivity contribution in [2.24, 2.45) is 0 Å². The highest BCUT2D eigenvalue weighted by Gasteiger charge is 2.30. The molecule has 0 aliphatic carbocycles. The molecule has 146 valence electrons. The summed E-state index contributed by atoms with van der Waals surface area (Å²) in [4.78, 5) is 24.9. The molecule has 8 nitrogen and oxygen atoms in total. The lowest BCUT2D eigenvalue weighted by atomic mass is 10.2. The fraction of sp³-hybridized carbons (Fsp3) is 0.158. The molecular formula is C19H19N3O5S. The highest BCUT2D eigenvalue weighted by molar-refractivity contribution is 7.89. The number of carbonyl (C=O) groups excluding carboxylic acids is 2. The third-order valence-corrected chi connectivity index (χ3v) is 5.50. The molecule has 9 heteroatoms. The van der Waals surface area contributed by atoms with Crippen LogP contribution in [0.3, 0.4) is 0 Å². The van der Waals surface area contributed by atoms with Crippen molar-refractivity contribution in [3.8, 4) is 0 Å². The monoisotopic (exact) mass is 401 g/mol. The Hall–Kier alpha value is -3.01. The maximum absolute atomic E-state index is 12.4. The number of benzene rings is 2. The van der Waals surface area contributed by atoms with E-state index < -0.39 is 21.8 Å². The van der Waals surface area contributed by atoms with E-state index in [-0.39, 0.29) is 30.3 Å². The second-order valence-electron chi connectivity index (χ2n) is 6.04. The number of amides is 2. The molecule has 0 bridgehead atoms. The maximum Gasteiger partial charge on any atom is 0.277 e. The third kappa shape index (κ3) is 4.45. The molecule has 0 spiro atoms. The molecule has 0 saturated carbocycles. The van der Waals surface area contributed by atoms with Gasteiger partial charge in [-0.05, 0) is 29.8 Å². The zero-order valence-electron chi connectivity index (χ0n) is 14.8. The van der Waals surface area contributed by atoms with Gasteiger partial charge in [-0.15, -0.1) is 0 Å². The molecule has 1 heterocycles. The lowest BCUT2D eigenvalue weighted by molar-refractivity contribution is -0.137. The molecule has 2 aromatic carbocycles. The van der Waals surface area contributed by atoms with Gasteiger partial charge >= 0.3 is 0 Å². The minimum absolute atomic E-state index is 0.0660. The minimum atomic E-state index is -3.69. The molecule has 3 N–H and O–H groups in total. The summed E-state index contributed by atoms with van der Waals surface area (Å²) in [6.45, 7) is -0.224. The number of sulfonamides is 1. The Morgan fingerprint density at radius 3 is 2.29 bits per heavy atom. The quantitative estimate of drug-likeness (QED) is 0.564. The zero-order valence-corrected chi connectivity index (χ0v) is 15.6. The van der Waals surface area contributed by atoms with Crippen LogP contribution in [0.2, 0.25) is 0 Å². The standard InChI is InChI=1S/C19H19N3O5S/c23-11-10-22-18(24)12-17(19(22)25)21-15-6-8-16(9-7-15)28(26,27)20-13-14-4-2-1-3-5-14/h1-9,12,20-21,23H,10-11,13H2. The van der Waals surface area contributed by atoms with Gasteiger partial charge in [-0.1, -0.05) is 30.3 Å². The van der Waals surface area contributed by atoms with Gasteiger partial charge in [0, 0.05) is 18.3 Å². The van der Waals surface area contributed by atoms with E-state index in [9.17, 15) is 18.0 Å². The third-order valence-electron chi connectivity index (χ3n) is 4.09. The van der Waals surface area contributed by atoms with Gasteiger partial charge in [-0.25, -0.2) is 13.1 Å². The molecule has 0 unspecified atom stereocenters. The Balaban J connectivity index is 1.65. The largest absolute Gasteiger partial charge is 0.395 e. The van der Waals surface area contributed by atoms with Gasteiger partial charge in [0.05, 0.1) is 18.0 Å². The number of imide groups is 1. The Labute approximate surface area is 162 Å². The summed E-state index contributed by atoms with van der Waals surface area (Å²) in [6.07, 6.45) is 1.14. The van der Waals surface area contributed by atoms with Crippen LogP contribution < -0.4 is 10.0 Å². The van der Waals surface area contributed by atoms with Gasteiger partial charge < -0.3 is 10.4 Å². The number of hydrogen-bond acceptors (Lipinski definition) is 6. The summed E-state index contributed by atoms with van der Waals surface area (Å²) in [7, 11) is -3.69. The highest BCUT2D eigenvalue weighted by atomic mass is 32.2. The first kappa shape index (κ1) is 19.7. The molecule has 0 fully saturated rings. The lowest BCUT2D eigenvalue weighted by Gasteiger charge is -2.13. The van der Waals surface area contributed by atoms with Crippen LogP contribution in [0.15, 0.2) is 71.3 Å². The van der Waals surface area contributed by atoms with Crippen molar-refractivity contribution >= 4 is 27.5 Å². The minimum Gasteiger partial charge on any atom is -0.395 e. The molecule has 1 aliphatic rings. The first-order chi connectivity index (χ1) is 13.4. The topological polar surface area (TPSA) is 116 Å². The van der Waals surface area contributed by atoms with Gasteiger partial charge in [0.15, 0.2) is 0 Å². The average molecular weight is 401 g/mol. The molecule has 28 heavy (non-hydrogen) atoms. The van der Waals surface area contributed by atoms with E-state index in [1.165, 1.54) is 24.3 Å². The number of carbonyl (C=O) groups is 2. The number of nitrogens with zero attached hydrogens (tertiary/aromatic N) is 1. The van der Waals surface area contributed by atoms with E-state index in [1.807, 2.05) is 30.3 Å². The van der Waals surface area contributed by atoms with Gasteiger partial charge in [0.1, 0.15) is 5.70 Å². The summed E-state index contributed by atoms with van der Waals surface area (Å²) >= 11 is 0. The number of aliphatic hydroxyl groups is 1. The van der Waals surface area contributed by atoms with E-state index in [0.717, 1.165) is 16.5 Å². The van der Waals surface area contributed by atoms with Crippen molar-refractivity contribution in [1.82, 2.24) is 9.62 Å². The summed E-state index contributed by atoms with van der Waals surface area (Å²) in [6, 6.07) is 15.0. The molecule has 2 amide bonds.